The van der Waals surface area contributed by atoms with E-state index in [1.165, 1.54) is 6.21 Å². The van der Waals surface area contributed by atoms with Gasteiger partial charge in [-0.25, -0.2) is 0 Å². The fraction of sp³-hybridized carbons (Fsp3) is 0.231. The van der Waals surface area contributed by atoms with Crippen LogP contribution in [0.15, 0.2) is 37.9 Å². The summed E-state index contributed by atoms with van der Waals surface area (Å²) in [5, 5.41) is 7.34. The molecule has 1 aromatic carbocycles. The Hall–Kier alpha value is -1.54. The quantitative estimate of drug-likeness (QED) is 0.307. The minimum atomic E-state index is -0.114. The first-order chi connectivity index (χ1) is 10.0. The van der Waals surface area contributed by atoms with Gasteiger partial charge in [0.2, 0.25) is 5.96 Å². The zero-order chi connectivity index (χ0) is 15.8. The molecule has 0 atom stereocenters. The number of hydrogen-bond acceptors (Lipinski definition) is 4. The molecular formula is C13H16Br2N4O2. The first kappa shape index (κ1) is 17.5. The molecule has 0 bridgehead atoms. The number of halogens is 2. The number of nitrogens with zero attached hydrogens (tertiary/aromatic N) is 2. The molecule has 0 saturated heterocycles. The zero-order valence-corrected chi connectivity index (χ0v) is 14.6. The second-order valence-electron chi connectivity index (χ2n) is 3.72. The molecule has 0 aliphatic rings. The van der Waals surface area contributed by atoms with E-state index in [9.17, 15) is 0 Å². The van der Waals surface area contributed by atoms with E-state index < -0.39 is 0 Å². The molecule has 6 nitrogen and oxygen atoms in total. The molecule has 0 heterocycles. The van der Waals surface area contributed by atoms with Crippen molar-refractivity contribution in [3.8, 4) is 11.5 Å². The first-order valence-corrected chi connectivity index (χ1v) is 7.60. The highest BCUT2D eigenvalue weighted by Gasteiger charge is 2.16. The highest BCUT2D eigenvalue weighted by atomic mass is 79.9. The molecule has 21 heavy (non-hydrogen) atoms. The van der Waals surface area contributed by atoms with Gasteiger partial charge in [-0.15, -0.1) is 5.10 Å². The van der Waals surface area contributed by atoms with Gasteiger partial charge >= 0.3 is 0 Å². The van der Waals surface area contributed by atoms with Gasteiger partial charge in [-0.2, -0.15) is 5.10 Å². The molecule has 0 aliphatic carbocycles. The summed E-state index contributed by atoms with van der Waals surface area (Å²) in [5.74, 6) is 1.06. The molecule has 0 unspecified atom stereocenters. The summed E-state index contributed by atoms with van der Waals surface area (Å²) in [5.41, 5.74) is 11.2. The van der Waals surface area contributed by atoms with Crippen molar-refractivity contribution in [2.24, 2.45) is 21.7 Å². The van der Waals surface area contributed by atoms with Gasteiger partial charge in [0.25, 0.3) is 0 Å². The molecule has 4 N–H and O–H groups in total. The Bertz CT molecular complexity index is 570. The van der Waals surface area contributed by atoms with Crippen LogP contribution in [-0.2, 0) is 0 Å². The third-order valence-electron chi connectivity index (χ3n) is 2.17. The molecule has 114 valence electrons. The van der Waals surface area contributed by atoms with Gasteiger partial charge in [-0.05, 0) is 44.8 Å². The summed E-state index contributed by atoms with van der Waals surface area (Å²) in [4.78, 5) is 0. The van der Waals surface area contributed by atoms with Crippen LogP contribution in [0.4, 0.5) is 0 Å². The van der Waals surface area contributed by atoms with Crippen molar-refractivity contribution in [1.29, 1.82) is 0 Å². The summed E-state index contributed by atoms with van der Waals surface area (Å²) in [6.07, 6.45) is 3.17. The maximum atomic E-state index is 5.62. The van der Waals surface area contributed by atoms with Crippen LogP contribution in [0.25, 0.3) is 0 Å². The predicted octanol–water partition coefficient (Wildman–Crippen LogP) is 2.78. The molecule has 0 aromatic heterocycles. The summed E-state index contributed by atoms with van der Waals surface area (Å²) in [6.45, 7) is 6.39. The van der Waals surface area contributed by atoms with Crippen molar-refractivity contribution in [2.75, 3.05) is 13.2 Å². The van der Waals surface area contributed by atoms with Crippen molar-refractivity contribution in [3.05, 3.63) is 33.2 Å². The van der Waals surface area contributed by atoms with E-state index in [-0.39, 0.29) is 5.96 Å². The van der Waals surface area contributed by atoms with E-state index in [0.717, 1.165) is 10.0 Å². The molecule has 0 amide bonds. The lowest BCUT2D eigenvalue weighted by molar-refractivity contribution is 0.295. The molecule has 0 fully saturated rings. The van der Waals surface area contributed by atoms with Crippen LogP contribution >= 0.6 is 31.9 Å². The van der Waals surface area contributed by atoms with Crippen LogP contribution in [0.3, 0.4) is 0 Å². The third-order valence-corrected chi connectivity index (χ3v) is 4.31. The van der Waals surface area contributed by atoms with Gasteiger partial charge in [0, 0.05) is 10.0 Å². The average molecular weight is 420 g/mol. The summed E-state index contributed by atoms with van der Waals surface area (Å²) in [6, 6.07) is 1.78. The van der Waals surface area contributed by atoms with E-state index in [1.807, 2.05) is 6.92 Å². The first-order valence-electron chi connectivity index (χ1n) is 6.01. The highest BCUT2D eigenvalue weighted by molar-refractivity contribution is 9.13. The number of hydrogen-bond donors (Lipinski definition) is 2. The van der Waals surface area contributed by atoms with Crippen LogP contribution in [0.5, 0.6) is 11.5 Å². The van der Waals surface area contributed by atoms with Crippen LogP contribution in [0.1, 0.15) is 12.5 Å². The zero-order valence-electron chi connectivity index (χ0n) is 11.5. The minimum Gasteiger partial charge on any atom is -0.490 e. The van der Waals surface area contributed by atoms with Crippen molar-refractivity contribution >= 4 is 44.0 Å². The second-order valence-corrected chi connectivity index (χ2v) is 5.31. The molecule has 0 spiro atoms. The number of guanidine groups is 1. The van der Waals surface area contributed by atoms with Crippen molar-refractivity contribution in [2.45, 2.75) is 6.92 Å². The molecule has 1 aromatic rings. The van der Waals surface area contributed by atoms with Gasteiger partial charge in [0.05, 0.1) is 17.3 Å². The number of ether oxygens (including phenoxy) is 2. The van der Waals surface area contributed by atoms with Crippen LogP contribution in [-0.4, -0.2) is 25.4 Å². The van der Waals surface area contributed by atoms with Crippen LogP contribution in [0.2, 0.25) is 0 Å². The molecule has 0 aliphatic heterocycles. The Morgan fingerprint density at radius 3 is 2.62 bits per heavy atom. The maximum absolute atomic E-state index is 5.62. The lowest BCUT2D eigenvalue weighted by Crippen LogP contribution is -2.21. The molecule has 0 saturated carbocycles. The number of rotatable bonds is 7. The SMILES string of the molecule is C=CCOc1c(OCC)cc(C=NN=C(N)N)c(Br)c1Br. The smallest absolute Gasteiger partial charge is 0.211 e. The van der Waals surface area contributed by atoms with E-state index >= 15 is 0 Å². The Labute approximate surface area is 140 Å². The molecule has 1 rings (SSSR count). The highest BCUT2D eigenvalue weighted by Crippen LogP contribution is 2.42. The molecule has 8 heteroatoms. The lowest BCUT2D eigenvalue weighted by Gasteiger charge is -2.15. The van der Waals surface area contributed by atoms with Gasteiger partial charge < -0.3 is 20.9 Å². The lowest BCUT2D eigenvalue weighted by atomic mass is 10.2. The summed E-state index contributed by atoms with van der Waals surface area (Å²) in [7, 11) is 0. The van der Waals surface area contributed by atoms with E-state index in [2.05, 4.69) is 48.6 Å². The Morgan fingerprint density at radius 2 is 2.05 bits per heavy atom. The van der Waals surface area contributed by atoms with E-state index in [4.69, 9.17) is 20.9 Å². The summed E-state index contributed by atoms with van der Waals surface area (Å²) >= 11 is 6.93. The van der Waals surface area contributed by atoms with Crippen LogP contribution in [0, 0.1) is 0 Å². The third kappa shape index (κ3) is 5.05. The van der Waals surface area contributed by atoms with Crippen molar-refractivity contribution < 1.29 is 9.47 Å². The molecular weight excluding hydrogens is 404 g/mol. The fourth-order valence-electron chi connectivity index (χ4n) is 1.40. The van der Waals surface area contributed by atoms with Crippen LogP contribution < -0.4 is 20.9 Å². The number of benzene rings is 1. The maximum Gasteiger partial charge on any atom is 0.211 e. The Balaban J connectivity index is 3.25. The largest absolute Gasteiger partial charge is 0.490 e. The second kappa shape index (κ2) is 8.68. The summed E-state index contributed by atoms with van der Waals surface area (Å²) < 4.78 is 12.7. The van der Waals surface area contributed by atoms with Gasteiger partial charge in [-0.1, -0.05) is 12.7 Å². The Kier molecular flexibility index (Phi) is 7.24. The van der Waals surface area contributed by atoms with Gasteiger partial charge in [0.1, 0.15) is 6.61 Å². The van der Waals surface area contributed by atoms with Gasteiger partial charge in [-0.3, -0.25) is 0 Å². The normalized spacial score (nSPS) is 10.4. The van der Waals surface area contributed by atoms with E-state index in [0.29, 0.717) is 29.2 Å². The predicted molar refractivity (Wildman–Crippen MR) is 92.1 cm³/mol. The monoisotopic (exact) mass is 418 g/mol. The van der Waals surface area contributed by atoms with E-state index in [1.54, 1.807) is 12.1 Å². The standard InChI is InChI=1S/C13H16Br2N4O2/c1-3-5-21-12-9(20-4-2)6-8(10(14)11(12)15)7-18-19-13(16)17/h3,6-7H,1,4-5H2,2H3,(H4,16,17,19). The number of nitrogens with two attached hydrogens (primary N) is 2. The van der Waals surface area contributed by atoms with Gasteiger partial charge in [0.15, 0.2) is 11.5 Å². The average Bonchev–Trinajstić information content (AvgIpc) is 2.43. The minimum absolute atomic E-state index is 0.114. The Morgan fingerprint density at radius 1 is 1.33 bits per heavy atom. The van der Waals surface area contributed by atoms with Crippen molar-refractivity contribution in [1.82, 2.24) is 0 Å². The fourth-order valence-corrected chi connectivity index (χ4v) is 2.33. The molecule has 0 radical (unpaired) electrons. The topological polar surface area (TPSA) is 95.2 Å². The van der Waals surface area contributed by atoms with Crippen molar-refractivity contribution in [3.63, 3.8) is 0 Å².